The van der Waals surface area contributed by atoms with Gasteiger partial charge < -0.3 is 25.7 Å². The van der Waals surface area contributed by atoms with E-state index < -0.39 is 52.6 Å². The van der Waals surface area contributed by atoms with Crippen molar-refractivity contribution < 1.29 is 28.8 Å². The van der Waals surface area contributed by atoms with Crippen LogP contribution in [0, 0.1) is 17.3 Å². The lowest BCUT2D eigenvalue weighted by Crippen LogP contribution is -2.59. The number of nitrogens with zero attached hydrogens (tertiary/aromatic N) is 3. The van der Waals surface area contributed by atoms with Crippen LogP contribution in [0.2, 0.25) is 0 Å². The molecular weight excluding hydrogens is 636 g/mol. The molecule has 1 aromatic carbocycles. The van der Waals surface area contributed by atoms with Gasteiger partial charge in [-0.05, 0) is 42.6 Å². The first kappa shape index (κ1) is 35.5. The number of hydrogen-bond donors (Lipinski definition) is 3. The average Bonchev–Trinajstić information content (AvgIpc) is 3.71. The molecule has 2 aliphatic carbocycles. The van der Waals surface area contributed by atoms with Crippen molar-refractivity contribution >= 4 is 46.0 Å². The zero-order valence-electron chi connectivity index (χ0n) is 29.6. The van der Waals surface area contributed by atoms with E-state index in [4.69, 9.17) is 4.84 Å². The zero-order chi connectivity index (χ0) is 35.6. The maximum atomic E-state index is 14.7. The number of carbonyl (C=O) groups is 5. The van der Waals surface area contributed by atoms with Crippen molar-refractivity contribution in [1.29, 1.82) is 0 Å². The van der Waals surface area contributed by atoms with Crippen LogP contribution in [0.4, 0.5) is 0 Å². The van der Waals surface area contributed by atoms with E-state index >= 15 is 0 Å². The number of likely N-dealkylation sites (tertiary alicyclic amines) is 1. The van der Waals surface area contributed by atoms with E-state index in [1.807, 2.05) is 51.1 Å². The van der Waals surface area contributed by atoms with Gasteiger partial charge in [0.1, 0.15) is 12.1 Å². The maximum absolute atomic E-state index is 14.7. The SMILES string of the molecule is CNC(=O)C(=O)[C@H](CC1CC1)NC(=O)[C@@H]1C[C@]2(CC(c3cccc4cccnc34)=NO2)CN1C(=O)[C@@H](NC(=O)CC1CCCCC1)C(C)(C)C. The lowest BCUT2D eigenvalue weighted by Gasteiger charge is -2.36. The summed E-state index contributed by atoms with van der Waals surface area (Å²) in [5.74, 6) is -2.06. The fourth-order valence-electron chi connectivity index (χ4n) is 7.77. The van der Waals surface area contributed by atoms with E-state index in [1.165, 1.54) is 18.4 Å². The number of ketones is 1. The molecule has 3 heterocycles. The predicted octanol–water partition coefficient (Wildman–Crippen LogP) is 3.80. The van der Waals surface area contributed by atoms with Crippen LogP contribution in [0.25, 0.3) is 10.9 Å². The van der Waals surface area contributed by atoms with E-state index in [9.17, 15) is 24.0 Å². The third kappa shape index (κ3) is 7.84. The highest BCUT2D eigenvalue weighted by Gasteiger charge is 2.56. The van der Waals surface area contributed by atoms with E-state index in [2.05, 4.69) is 26.1 Å². The Bertz CT molecular complexity index is 1670. The standard InChI is InChI=1S/C38H50N6O6/c1-37(2,3)33(42-30(45)19-23-10-6-5-7-11-23)36(49)44-22-38(20-28(43-50-38)26-14-8-12-25-13-9-17-40-31(25)26)21-29(44)34(47)41-27(18-24-15-16-24)32(46)35(48)39-4/h8-9,12-14,17,23-24,27,29,33H,5-7,10-11,15-16,18-22H2,1-4H3,(H,39,48)(H,41,47)(H,42,45)/t27-,29-,33+,38+/m0/s1. The number of rotatable bonds is 11. The Morgan fingerprint density at radius 2 is 1.72 bits per heavy atom. The van der Waals surface area contributed by atoms with Crippen molar-refractivity contribution in [3.8, 4) is 0 Å². The Balaban J connectivity index is 1.27. The number of likely N-dealkylation sites (N-methyl/N-ethyl adjacent to an activating group) is 1. The number of amides is 4. The molecule has 3 N–H and O–H groups in total. The highest BCUT2D eigenvalue weighted by molar-refractivity contribution is 6.38. The molecule has 4 atom stereocenters. The molecule has 12 nitrogen and oxygen atoms in total. The normalized spacial score (nSPS) is 23.6. The van der Waals surface area contributed by atoms with Gasteiger partial charge in [0.25, 0.3) is 5.91 Å². The van der Waals surface area contributed by atoms with E-state index in [0.29, 0.717) is 30.9 Å². The number of aromatic nitrogens is 1. The minimum absolute atomic E-state index is 0.0525. The molecule has 2 saturated carbocycles. The molecular formula is C38H50N6O6. The summed E-state index contributed by atoms with van der Waals surface area (Å²) in [5.41, 5.74) is 0.562. The zero-order valence-corrected chi connectivity index (χ0v) is 29.6. The van der Waals surface area contributed by atoms with Crippen molar-refractivity contribution in [3.05, 3.63) is 42.1 Å². The first-order valence-electron chi connectivity index (χ1n) is 18.1. The first-order valence-corrected chi connectivity index (χ1v) is 18.1. The number of fused-ring (bicyclic) bond motifs is 1. The predicted molar refractivity (Wildman–Crippen MR) is 188 cm³/mol. The van der Waals surface area contributed by atoms with Gasteiger partial charge in [0.2, 0.25) is 23.5 Å². The van der Waals surface area contributed by atoms with Gasteiger partial charge in [-0.25, -0.2) is 0 Å². The summed E-state index contributed by atoms with van der Waals surface area (Å²) < 4.78 is 0. The molecule has 1 saturated heterocycles. The van der Waals surface area contributed by atoms with Crippen LogP contribution >= 0.6 is 0 Å². The fraction of sp³-hybridized carbons (Fsp3) is 0.605. The van der Waals surface area contributed by atoms with Crippen molar-refractivity contribution in [2.45, 2.75) is 115 Å². The number of benzene rings is 1. The summed E-state index contributed by atoms with van der Waals surface area (Å²) in [5, 5.41) is 13.7. The molecule has 0 radical (unpaired) electrons. The van der Waals surface area contributed by atoms with Crippen LogP contribution in [0.15, 0.2) is 41.7 Å². The largest absolute Gasteiger partial charge is 0.387 e. The molecule has 6 rings (SSSR count). The van der Waals surface area contributed by atoms with Gasteiger partial charge in [0.15, 0.2) is 5.60 Å². The molecule has 50 heavy (non-hydrogen) atoms. The Kier molecular flexibility index (Phi) is 10.3. The second-order valence-electron chi connectivity index (χ2n) is 15.8. The number of para-hydroxylation sites is 1. The summed E-state index contributed by atoms with van der Waals surface area (Å²) in [4.78, 5) is 80.0. The van der Waals surface area contributed by atoms with Gasteiger partial charge in [0.05, 0.1) is 23.8 Å². The van der Waals surface area contributed by atoms with Gasteiger partial charge in [-0.2, -0.15) is 0 Å². The molecule has 12 heteroatoms. The van der Waals surface area contributed by atoms with Crippen LogP contribution < -0.4 is 16.0 Å². The van der Waals surface area contributed by atoms with Crippen molar-refractivity contribution in [1.82, 2.24) is 25.8 Å². The number of pyridine rings is 1. The topological polar surface area (TPSA) is 159 Å². The van der Waals surface area contributed by atoms with Gasteiger partial charge in [0, 0.05) is 43.5 Å². The second kappa shape index (κ2) is 14.5. The molecule has 4 amide bonds. The number of Topliss-reactive ketones (excluding diaryl/α,β-unsaturated/α-hetero) is 1. The van der Waals surface area contributed by atoms with E-state index in [-0.39, 0.29) is 24.8 Å². The quantitative estimate of drug-likeness (QED) is 0.303. The third-order valence-electron chi connectivity index (χ3n) is 10.7. The summed E-state index contributed by atoms with van der Waals surface area (Å²) in [6.45, 7) is 5.74. The minimum atomic E-state index is -1.03. The molecule has 3 fully saturated rings. The van der Waals surface area contributed by atoms with E-state index in [1.54, 1.807) is 6.20 Å². The highest BCUT2D eigenvalue weighted by atomic mass is 16.7. The van der Waals surface area contributed by atoms with Gasteiger partial charge in [-0.3, -0.25) is 29.0 Å². The smallest absolute Gasteiger partial charge is 0.289 e. The molecule has 1 spiro atoms. The van der Waals surface area contributed by atoms with E-state index in [0.717, 1.165) is 55.0 Å². The number of hydrogen-bond acceptors (Lipinski definition) is 8. The Hall–Kier alpha value is -4.35. The van der Waals surface area contributed by atoms with Crippen LogP contribution in [-0.2, 0) is 28.8 Å². The van der Waals surface area contributed by atoms with Crippen molar-refractivity contribution in [3.63, 3.8) is 0 Å². The van der Waals surface area contributed by atoms with Crippen LogP contribution in [-0.4, -0.2) is 82.3 Å². The van der Waals surface area contributed by atoms with Crippen molar-refractivity contribution in [2.75, 3.05) is 13.6 Å². The molecule has 0 bridgehead atoms. The second-order valence-corrected chi connectivity index (χ2v) is 15.8. The minimum Gasteiger partial charge on any atom is -0.387 e. The summed E-state index contributed by atoms with van der Waals surface area (Å²) in [6, 6.07) is 6.72. The Morgan fingerprint density at radius 3 is 2.42 bits per heavy atom. The van der Waals surface area contributed by atoms with Crippen LogP contribution in [0.3, 0.4) is 0 Å². The third-order valence-corrected chi connectivity index (χ3v) is 10.7. The van der Waals surface area contributed by atoms with Gasteiger partial charge in [-0.1, -0.05) is 82.3 Å². The highest BCUT2D eigenvalue weighted by Crippen LogP contribution is 2.41. The van der Waals surface area contributed by atoms with Crippen LogP contribution in [0.1, 0.15) is 97.0 Å². The monoisotopic (exact) mass is 686 g/mol. The van der Waals surface area contributed by atoms with Gasteiger partial charge in [-0.15, -0.1) is 0 Å². The molecule has 2 aliphatic heterocycles. The van der Waals surface area contributed by atoms with Gasteiger partial charge >= 0.3 is 0 Å². The Morgan fingerprint density at radius 1 is 0.980 bits per heavy atom. The Labute approximate surface area is 293 Å². The van der Waals surface area contributed by atoms with Crippen molar-refractivity contribution in [2.24, 2.45) is 22.4 Å². The molecule has 2 aromatic rings. The summed E-state index contributed by atoms with van der Waals surface area (Å²) in [7, 11) is 1.38. The fourth-order valence-corrected chi connectivity index (χ4v) is 7.77. The average molecular weight is 687 g/mol. The molecule has 268 valence electrons. The van der Waals surface area contributed by atoms with Crippen LogP contribution in [0.5, 0.6) is 0 Å². The summed E-state index contributed by atoms with van der Waals surface area (Å²) >= 11 is 0. The molecule has 1 aromatic heterocycles. The lowest BCUT2D eigenvalue weighted by molar-refractivity contribution is -0.145. The first-order chi connectivity index (χ1) is 23.9. The maximum Gasteiger partial charge on any atom is 0.289 e. The number of nitrogens with one attached hydrogen (secondary N) is 3. The molecule has 0 unspecified atom stereocenters. The number of oxime groups is 1. The molecule has 4 aliphatic rings. The summed E-state index contributed by atoms with van der Waals surface area (Å²) in [6.07, 6.45) is 10.1. The lowest BCUT2D eigenvalue weighted by atomic mass is 9.84. The number of carbonyl (C=O) groups excluding carboxylic acids is 5.